The van der Waals surface area contributed by atoms with E-state index in [4.69, 9.17) is 11.6 Å². The van der Waals surface area contributed by atoms with E-state index in [0.29, 0.717) is 0 Å². The predicted molar refractivity (Wildman–Crippen MR) is 65.9 cm³/mol. The Bertz CT molecular complexity index is 562. The predicted octanol–water partition coefficient (Wildman–Crippen LogP) is 0.991. The molecule has 0 saturated heterocycles. The van der Waals surface area contributed by atoms with Gasteiger partial charge in [0, 0.05) is 19.8 Å². The molecule has 1 aromatic rings. The lowest BCUT2D eigenvalue weighted by Gasteiger charge is -2.16. The maximum atomic E-state index is 13.0. The standard InChI is InChI=1S/C10H12ClFN2O3S/c1-14(3-4-18(2,16)17)10(15)8-5-7(12)6-13-9(8)11/h5-6H,3-4H2,1-2H3. The van der Waals surface area contributed by atoms with Crippen LogP contribution in [0.5, 0.6) is 0 Å². The highest BCUT2D eigenvalue weighted by molar-refractivity contribution is 7.90. The fraction of sp³-hybridized carbons (Fsp3) is 0.400. The second-order valence-electron chi connectivity index (χ2n) is 3.85. The normalized spacial score (nSPS) is 11.3. The molecule has 1 heterocycles. The van der Waals surface area contributed by atoms with E-state index in [1.807, 2.05) is 0 Å². The highest BCUT2D eigenvalue weighted by Gasteiger charge is 2.18. The zero-order valence-corrected chi connectivity index (χ0v) is 11.4. The van der Waals surface area contributed by atoms with Crippen molar-refractivity contribution in [3.63, 3.8) is 0 Å². The molecule has 5 nitrogen and oxygen atoms in total. The summed E-state index contributed by atoms with van der Waals surface area (Å²) in [6.07, 6.45) is 1.97. The highest BCUT2D eigenvalue weighted by atomic mass is 35.5. The number of rotatable bonds is 4. The van der Waals surface area contributed by atoms with E-state index in [1.54, 1.807) is 0 Å². The molecule has 0 fully saturated rings. The molecule has 0 aliphatic heterocycles. The first kappa shape index (κ1) is 14.8. The Balaban J connectivity index is 2.83. The number of hydrogen-bond donors (Lipinski definition) is 0. The summed E-state index contributed by atoms with van der Waals surface area (Å²) in [5.74, 6) is -1.43. The lowest BCUT2D eigenvalue weighted by atomic mass is 10.2. The van der Waals surface area contributed by atoms with Crippen LogP contribution in [0.1, 0.15) is 10.4 Å². The molecular weight excluding hydrogens is 283 g/mol. The van der Waals surface area contributed by atoms with Crippen molar-refractivity contribution in [3.8, 4) is 0 Å². The molecule has 0 aliphatic rings. The zero-order chi connectivity index (χ0) is 13.9. The molecule has 0 unspecified atom stereocenters. The van der Waals surface area contributed by atoms with Gasteiger partial charge in [-0.25, -0.2) is 17.8 Å². The molecule has 1 rings (SSSR count). The van der Waals surface area contributed by atoms with Gasteiger partial charge in [-0.2, -0.15) is 0 Å². The molecular formula is C10H12ClFN2O3S. The first-order valence-electron chi connectivity index (χ1n) is 4.95. The summed E-state index contributed by atoms with van der Waals surface area (Å²) in [6.45, 7) is 0.00447. The number of sulfone groups is 1. The fourth-order valence-corrected chi connectivity index (χ4v) is 1.97. The average molecular weight is 295 g/mol. The Labute approximate surface area is 109 Å². The molecule has 0 spiro atoms. The number of nitrogens with zero attached hydrogens (tertiary/aromatic N) is 2. The van der Waals surface area contributed by atoms with Gasteiger partial charge in [0.2, 0.25) is 0 Å². The first-order valence-corrected chi connectivity index (χ1v) is 7.39. The number of aromatic nitrogens is 1. The molecule has 18 heavy (non-hydrogen) atoms. The van der Waals surface area contributed by atoms with Crippen molar-refractivity contribution in [1.29, 1.82) is 0 Å². The summed E-state index contributed by atoms with van der Waals surface area (Å²) < 4.78 is 34.9. The van der Waals surface area contributed by atoms with E-state index in [-0.39, 0.29) is 23.0 Å². The smallest absolute Gasteiger partial charge is 0.256 e. The first-order chi connectivity index (χ1) is 8.20. The van der Waals surface area contributed by atoms with Crippen LogP contribution in [-0.4, -0.2) is 49.8 Å². The number of carbonyl (C=O) groups excluding carboxylic acids is 1. The van der Waals surface area contributed by atoms with Crippen LogP contribution in [0, 0.1) is 5.82 Å². The molecule has 0 aliphatic carbocycles. The van der Waals surface area contributed by atoms with Gasteiger partial charge >= 0.3 is 0 Å². The molecule has 0 radical (unpaired) electrons. The van der Waals surface area contributed by atoms with E-state index >= 15 is 0 Å². The number of halogens is 2. The van der Waals surface area contributed by atoms with Crippen LogP contribution in [0.2, 0.25) is 5.15 Å². The number of amides is 1. The van der Waals surface area contributed by atoms with Crippen LogP contribution in [0.15, 0.2) is 12.3 Å². The third-order valence-corrected chi connectivity index (χ3v) is 3.41. The molecule has 0 atom stereocenters. The van der Waals surface area contributed by atoms with Crippen LogP contribution in [-0.2, 0) is 9.84 Å². The largest absolute Gasteiger partial charge is 0.341 e. The molecule has 0 saturated carbocycles. The van der Waals surface area contributed by atoms with Gasteiger partial charge in [0.1, 0.15) is 20.8 Å². The van der Waals surface area contributed by atoms with Gasteiger partial charge in [-0.3, -0.25) is 4.79 Å². The summed E-state index contributed by atoms with van der Waals surface area (Å²) in [6, 6.07) is 0.967. The summed E-state index contributed by atoms with van der Waals surface area (Å²) in [5.41, 5.74) is -0.0901. The van der Waals surface area contributed by atoms with Crippen molar-refractivity contribution in [2.24, 2.45) is 0 Å². The van der Waals surface area contributed by atoms with Crippen molar-refractivity contribution in [2.45, 2.75) is 0 Å². The molecule has 100 valence electrons. The van der Waals surface area contributed by atoms with Gasteiger partial charge in [-0.05, 0) is 6.07 Å². The monoisotopic (exact) mass is 294 g/mol. The van der Waals surface area contributed by atoms with E-state index in [9.17, 15) is 17.6 Å². The molecule has 0 aromatic carbocycles. The maximum absolute atomic E-state index is 13.0. The lowest BCUT2D eigenvalue weighted by Crippen LogP contribution is -2.31. The van der Waals surface area contributed by atoms with E-state index in [1.165, 1.54) is 7.05 Å². The van der Waals surface area contributed by atoms with E-state index in [0.717, 1.165) is 23.4 Å². The summed E-state index contributed by atoms with van der Waals surface area (Å²) in [4.78, 5) is 16.5. The van der Waals surface area contributed by atoms with Crippen LogP contribution in [0.25, 0.3) is 0 Å². The SMILES string of the molecule is CN(CCS(C)(=O)=O)C(=O)c1cc(F)cnc1Cl. The fourth-order valence-electron chi connectivity index (χ4n) is 1.18. The van der Waals surface area contributed by atoms with Crippen molar-refractivity contribution in [1.82, 2.24) is 9.88 Å². The minimum absolute atomic E-state index is 0.00447. The van der Waals surface area contributed by atoms with Crippen molar-refractivity contribution < 1.29 is 17.6 Å². The molecule has 1 amide bonds. The van der Waals surface area contributed by atoms with Gasteiger partial charge < -0.3 is 4.90 Å². The van der Waals surface area contributed by atoms with E-state index in [2.05, 4.69) is 4.98 Å². The van der Waals surface area contributed by atoms with Gasteiger partial charge in [0.05, 0.1) is 17.5 Å². The maximum Gasteiger partial charge on any atom is 0.256 e. The Morgan fingerprint density at radius 3 is 2.72 bits per heavy atom. The van der Waals surface area contributed by atoms with Crippen molar-refractivity contribution in [2.75, 3.05) is 25.6 Å². The Hall–Kier alpha value is -1.21. The Morgan fingerprint density at radius 1 is 1.56 bits per heavy atom. The zero-order valence-electron chi connectivity index (χ0n) is 9.85. The molecule has 0 bridgehead atoms. The number of pyridine rings is 1. The minimum atomic E-state index is -3.17. The number of hydrogen-bond acceptors (Lipinski definition) is 4. The van der Waals surface area contributed by atoms with Crippen LogP contribution >= 0.6 is 11.6 Å². The Kier molecular flexibility index (Phi) is 4.64. The summed E-state index contributed by atoms with van der Waals surface area (Å²) in [5, 5.41) is -0.118. The van der Waals surface area contributed by atoms with Crippen molar-refractivity contribution >= 4 is 27.3 Å². The quantitative estimate of drug-likeness (QED) is 0.777. The van der Waals surface area contributed by atoms with Crippen molar-refractivity contribution in [3.05, 3.63) is 28.8 Å². The highest BCUT2D eigenvalue weighted by Crippen LogP contribution is 2.15. The second kappa shape index (κ2) is 5.62. The van der Waals surface area contributed by atoms with Gasteiger partial charge in [-0.1, -0.05) is 11.6 Å². The second-order valence-corrected chi connectivity index (χ2v) is 6.47. The van der Waals surface area contributed by atoms with E-state index < -0.39 is 21.6 Å². The lowest BCUT2D eigenvalue weighted by molar-refractivity contribution is 0.0802. The third kappa shape index (κ3) is 4.23. The number of carbonyl (C=O) groups is 1. The summed E-state index contributed by atoms with van der Waals surface area (Å²) in [7, 11) is -1.76. The van der Waals surface area contributed by atoms with Crippen LogP contribution in [0.3, 0.4) is 0 Å². The topological polar surface area (TPSA) is 67.3 Å². The van der Waals surface area contributed by atoms with Crippen LogP contribution in [0.4, 0.5) is 4.39 Å². The van der Waals surface area contributed by atoms with Gasteiger partial charge in [0.25, 0.3) is 5.91 Å². The van der Waals surface area contributed by atoms with Gasteiger partial charge in [-0.15, -0.1) is 0 Å². The molecule has 1 aromatic heterocycles. The van der Waals surface area contributed by atoms with Gasteiger partial charge in [0.15, 0.2) is 0 Å². The molecule has 0 N–H and O–H groups in total. The molecule has 8 heteroatoms. The minimum Gasteiger partial charge on any atom is -0.341 e. The Morgan fingerprint density at radius 2 is 2.17 bits per heavy atom. The third-order valence-electron chi connectivity index (χ3n) is 2.18. The van der Waals surface area contributed by atoms with Crippen LogP contribution < -0.4 is 0 Å². The summed E-state index contributed by atoms with van der Waals surface area (Å²) >= 11 is 5.68. The average Bonchev–Trinajstić information content (AvgIpc) is 2.27.